The lowest BCUT2D eigenvalue weighted by Crippen LogP contribution is -2.28. The fraction of sp³-hybridized carbons (Fsp3) is 0.222. The summed E-state index contributed by atoms with van der Waals surface area (Å²) in [7, 11) is -2.10. The van der Waals surface area contributed by atoms with E-state index in [0.717, 1.165) is 11.0 Å². The highest BCUT2D eigenvalue weighted by Crippen LogP contribution is 2.18. The molecular formula is C18H18ClN3O3S. The largest absolute Gasteiger partial charge is 0.274 e. The van der Waals surface area contributed by atoms with Gasteiger partial charge >= 0.3 is 0 Å². The molecule has 3 aromatic rings. The average molecular weight is 392 g/mol. The molecule has 136 valence electrons. The summed E-state index contributed by atoms with van der Waals surface area (Å²) in [5.41, 5.74) is 1.50. The Bertz CT molecular complexity index is 1030. The summed E-state index contributed by atoms with van der Waals surface area (Å²) >= 11 is 5.80. The molecule has 1 heterocycles. The first-order valence-electron chi connectivity index (χ1n) is 8.07. The topological polar surface area (TPSA) is 72.3 Å². The zero-order chi connectivity index (χ0) is 18.7. The molecule has 1 aromatic heterocycles. The number of aromatic nitrogens is 2. The predicted octanol–water partition coefficient (Wildman–Crippen LogP) is 3.43. The molecule has 0 bridgehead atoms. The van der Waals surface area contributed by atoms with E-state index in [1.54, 1.807) is 0 Å². The molecule has 0 spiro atoms. The van der Waals surface area contributed by atoms with Gasteiger partial charge in [-0.3, -0.25) is 9.36 Å². The molecule has 0 aliphatic heterocycles. The van der Waals surface area contributed by atoms with Crippen molar-refractivity contribution < 1.29 is 13.2 Å². The highest BCUT2D eigenvalue weighted by Gasteiger charge is 2.20. The quantitative estimate of drug-likeness (QED) is 0.645. The lowest BCUT2D eigenvalue weighted by atomic mass is 10.2. The van der Waals surface area contributed by atoms with E-state index < -0.39 is 10.0 Å². The minimum atomic E-state index is -3.60. The molecule has 0 N–H and O–H groups in total. The van der Waals surface area contributed by atoms with Gasteiger partial charge in [-0.2, -0.15) is 0 Å². The minimum absolute atomic E-state index is 0.115. The smallest absolute Gasteiger partial charge is 0.242 e. The second-order valence-corrected chi connectivity index (χ2v) is 8.36. The number of para-hydroxylation sites is 2. The summed E-state index contributed by atoms with van der Waals surface area (Å²) in [5, 5.41) is 0.477. The Morgan fingerprint density at radius 1 is 1.15 bits per heavy atom. The van der Waals surface area contributed by atoms with Gasteiger partial charge < -0.3 is 0 Å². The van der Waals surface area contributed by atoms with Gasteiger partial charge in [-0.05, 0) is 42.8 Å². The molecule has 2 aromatic carbocycles. The molecule has 8 heteroatoms. The SMILES string of the molecule is CN(CCCC(=O)n1cnc2ccccc21)S(=O)(=O)c1ccc(Cl)cc1. The van der Waals surface area contributed by atoms with Crippen molar-refractivity contribution >= 4 is 38.6 Å². The Morgan fingerprint density at radius 2 is 1.85 bits per heavy atom. The Morgan fingerprint density at radius 3 is 2.58 bits per heavy atom. The Labute approximate surface area is 157 Å². The second-order valence-electron chi connectivity index (χ2n) is 5.88. The monoisotopic (exact) mass is 391 g/mol. The normalized spacial score (nSPS) is 12.0. The number of fused-ring (bicyclic) bond motifs is 1. The number of hydrogen-bond donors (Lipinski definition) is 0. The fourth-order valence-electron chi connectivity index (χ4n) is 2.64. The summed E-state index contributed by atoms with van der Waals surface area (Å²) in [5.74, 6) is -0.115. The first-order chi connectivity index (χ1) is 12.4. The highest BCUT2D eigenvalue weighted by atomic mass is 35.5. The fourth-order valence-corrected chi connectivity index (χ4v) is 3.97. The number of carbonyl (C=O) groups is 1. The van der Waals surface area contributed by atoms with Crippen LogP contribution in [0.3, 0.4) is 0 Å². The lowest BCUT2D eigenvalue weighted by Gasteiger charge is -2.17. The van der Waals surface area contributed by atoms with E-state index in [9.17, 15) is 13.2 Å². The van der Waals surface area contributed by atoms with Crippen LogP contribution in [-0.4, -0.2) is 41.8 Å². The molecule has 0 saturated heterocycles. The summed E-state index contributed by atoms with van der Waals surface area (Å²) in [6.07, 6.45) is 2.14. The van der Waals surface area contributed by atoms with Crippen molar-refractivity contribution in [3.63, 3.8) is 0 Å². The first-order valence-corrected chi connectivity index (χ1v) is 9.88. The van der Waals surface area contributed by atoms with E-state index in [0.29, 0.717) is 11.4 Å². The van der Waals surface area contributed by atoms with Crippen LogP contribution in [0.5, 0.6) is 0 Å². The Hall–Kier alpha value is -2.22. The van der Waals surface area contributed by atoms with Gasteiger partial charge in [0.2, 0.25) is 15.9 Å². The van der Waals surface area contributed by atoms with Crippen LogP contribution in [-0.2, 0) is 10.0 Å². The zero-order valence-electron chi connectivity index (χ0n) is 14.2. The van der Waals surface area contributed by atoms with Gasteiger partial charge in [0.05, 0.1) is 15.9 Å². The van der Waals surface area contributed by atoms with Gasteiger partial charge in [-0.25, -0.2) is 17.7 Å². The van der Waals surface area contributed by atoms with Crippen LogP contribution >= 0.6 is 11.6 Å². The molecule has 0 saturated carbocycles. The molecule has 0 aliphatic carbocycles. The van der Waals surface area contributed by atoms with E-state index in [1.807, 2.05) is 24.3 Å². The standard InChI is InChI=1S/C18H18ClN3O3S/c1-21(26(24,25)15-10-8-14(19)9-11-15)12-4-7-18(23)22-13-20-16-5-2-3-6-17(16)22/h2-3,5-6,8-11,13H,4,7,12H2,1H3. The minimum Gasteiger partial charge on any atom is -0.274 e. The van der Waals surface area contributed by atoms with Crippen molar-refractivity contribution in [2.75, 3.05) is 13.6 Å². The van der Waals surface area contributed by atoms with Gasteiger partial charge in [-0.1, -0.05) is 23.7 Å². The van der Waals surface area contributed by atoms with Crippen molar-refractivity contribution in [3.8, 4) is 0 Å². The zero-order valence-corrected chi connectivity index (χ0v) is 15.7. The third-order valence-corrected chi connectivity index (χ3v) is 6.23. The van der Waals surface area contributed by atoms with Gasteiger partial charge in [0, 0.05) is 25.0 Å². The number of sulfonamides is 1. The van der Waals surface area contributed by atoms with Gasteiger partial charge in [0.15, 0.2) is 0 Å². The van der Waals surface area contributed by atoms with Crippen LogP contribution in [0.4, 0.5) is 0 Å². The maximum atomic E-state index is 12.5. The van der Waals surface area contributed by atoms with Crippen molar-refractivity contribution in [3.05, 3.63) is 59.9 Å². The van der Waals surface area contributed by atoms with Crippen LogP contribution in [0, 0.1) is 0 Å². The molecule has 3 rings (SSSR count). The number of hydrogen-bond acceptors (Lipinski definition) is 4. The van der Waals surface area contributed by atoms with E-state index in [2.05, 4.69) is 4.98 Å². The molecule has 0 aliphatic rings. The van der Waals surface area contributed by atoms with Crippen molar-refractivity contribution in [2.45, 2.75) is 17.7 Å². The maximum absolute atomic E-state index is 12.5. The molecule has 0 atom stereocenters. The molecule has 26 heavy (non-hydrogen) atoms. The van der Waals surface area contributed by atoms with Crippen LogP contribution in [0.1, 0.15) is 17.6 Å². The van der Waals surface area contributed by atoms with Crippen LogP contribution in [0.15, 0.2) is 59.8 Å². The van der Waals surface area contributed by atoms with E-state index >= 15 is 0 Å². The molecule has 0 amide bonds. The number of imidazole rings is 1. The third-order valence-electron chi connectivity index (χ3n) is 4.11. The summed E-state index contributed by atoms with van der Waals surface area (Å²) in [4.78, 5) is 16.8. The number of halogens is 1. The van der Waals surface area contributed by atoms with E-state index in [4.69, 9.17) is 11.6 Å². The summed E-state index contributed by atoms with van der Waals surface area (Å²) in [6, 6.07) is 13.4. The lowest BCUT2D eigenvalue weighted by molar-refractivity contribution is 0.0903. The van der Waals surface area contributed by atoms with Gasteiger partial charge in [0.1, 0.15) is 6.33 Å². The number of benzene rings is 2. The highest BCUT2D eigenvalue weighted by molar-refractivity contribution is 7.89. The predicted molar refractivity (Wildman–Crippen MR) is 101 cm³/mol. The van der Waals surface area contributed by atoms with Crippen LogP contribution in [0.2, 0.25) is 5.02 Å². The van der Waals surface area contributed by atoms with Crippen molar-refractivity contribution in [1.29, 1.82) is 0 Å². The molecule has 0 radical (unpaired) electrons. The second kappa shape index (κ2) is 7.57. The van der Waals surface area contributed by atoms with Crippen molar-refractivity contribution in [1.82, 2.24) is 13.9 Å². The van der Waals surface area contributed by atoms with Crippen LogP contribution < -0.4 is 0 Å². The molecular weight excluding hydrogens is 374 g/mol. The van der Waals surface area contributed by atoms with Crippen molar-refractivity contribution in [2.24, 2.45) is 0 Å². The third kappa shape index (κ3) is 3.80. The van der Waals surface area contributed by atoms with Crippen LogP contribution in [0.25, 0.3) is 11.0 Å². The van der Waals surface area contributed by atoms with Gasteiger partial charge in [0.25, 0.3) is 0 Å². The summed E-state index contributed by atoms with van der Waals surface area (Å²) < 4.78 is 27.8. The van der Waals surface area contributed by atoms with E-state index in [1.165, 1.54) is 46.5 Å². The summed E-state index contributed by atoms with van der Waals surface area (Å²) in [6.45, 7) is 0.239. The van der Waals surface area contributed by atoms with E-state index in [-0.39, 0.29) is 23.8 Å². The van der Waals surface area contributed by atoms with Gasteiger partial charge in [-0.15, -0.1) is 0 Å². The first kappa shape index (κ1) is 18.6. The molecule has 0 fully saturated rings. The maximum Gasteiger partial charge on any atom is 0.242 e. The number of carbonyl (C=O) groups excluding carboxylic acids is 1. The Kier molecular flexibility index (Phi) is 5.41. The number of rotatable bonds is 6. The molecule has 6 nitrogen and oxygen atoms in total. The average Bonchev–Trinajstić information content (AvgIpc) is 3.06. The molecule has 0 unspecified atom stereocenters. The number of nitrogens with zero attached hydrogens (tertiary/aromatic N) is 3. The Balaban J connectivity index is 1.62.